The van der Waals surface area contributed by atoms with E-state index in [2.05, 4.69) is 5.32 Å². The number of nitrogens with one attached hydrogen (secondary N) is 1. The molecule has 28 heavy (non-hydrogen) atoms. The second kappa shape index (κ2) is 9.01. The van der Waals surface area contributed by atoms with Crippen molar-refractivity contribution in [2.24, 2.45) is 0 Å². The zero-order chi connectivity index (χ0) is 20.9. The van der Waals surface area contributed by atoms with E-state index in [9.17, 15) is 18.0 Å². The van der Waals surface area contributed by atoms with Gasteiger partial charge in [0.25, 0.3) is 5.91 Å². The lowest BCUT2D eigenvalue weighted by molar-refractivity contribution is -0.119. The van der Waals surface area contributed by atoms with Gasteiger partial charge < -0.3 is 10.1 Å². The Bertz CT molecular complexity index is 980. The van der Waals surface area contributed by atoms with E-state index in [4.69, 9.17) is 4.74 Å². The molecule has 7 heteroatoms. The van der Waals surface area contributed by atoms with Gasteiger partial charge in [0.2, 0.25) is 0 Å². The summed E-state index contributed by atoms with van der Waals surface area (Å²) in [6.07, 6.45) is 0. The highest BCUT2D eigenvalue weighted by Crippen LogP contribution is 2.27. The molecule has 2 aromatic rings. The highest BCUT2D eigenvalue weighted by Gasteiger charge is 2.22. The number of hydrogen-bond acceptors (Lipinski definition) is 5. The minimum absolute atomic E-state index is 0.0732. The van der Waals surface area contributed by atoms with E-state index in [0.717, 1.165) is 11.1 Å². The fourth-order valence-corrected chi connectivity index (χ4v) is 3.87. The monoisotopic (exact) mass is 403 g/mol. The third kappa shape index (κ3) is 4.98. The number of sulfone groups is 1. The molecule has 0 unspecified atom stereocenters. The Morgan fingerprint density at radius 1 is 1.07 bits per heavy atom. The molecular formula is C21H25NO5S. The van der Waals surface area contributed by atoms with Crippen LogP contribution in [0, 0.1) is 6.92 Å². The van der Waals surface area contributed by atoms with Crippen LogP contribution in [0.4, 0.5) is 5.69 Å². The molecule has 2 rings (SSSR count). The molecule has 0 aliphatic rings. The summed E-state index contributed by atoms with van der Waals surface area (Å²) in [5.74, 6) is -1.26. The number of carbonyl (C=O) groups excluding carboxylic acids is 2. The van der Waals surface area contributed by atoms with Gasteiger partial charge in [-0.3, -0.25) is 4.79 Å². The summed E-state index contributed by atoms with van der Waals surface area (Å²) in [6, 6.07) is 11.6. The van der Waals surface area contributed by atoms with E-state index in [1.165, 1.54) is 25.1 Å². The van der Waals surface area contributed by atoms with Gasteiger partial charge in [0.15, 0.2) is 16.4 Å². The molecule has 0 fully saturated rings. The summed E-state index contributed by atoms with van der Waals surface area (Å²) in [6.45, 7) is 6.93. The predicted octanol–water partition coefficient (Wildman–Crippen LogP) is 3.71. The van der Waals surface area contributed by atoms with E-state index < -0.39 is 28.3 Å². The molecule has 0 aliphatic carbocycles. The maximum atomic E-state index is 12.4. The van der Waals surface area contributed by atoms with Crippen molar-refractivity contribution < 1.29 is 22.7 Å². The van der Waals surface area contributed by atoms with Crippen LogP contribution in [-0.4, -0.2) is 32.7 Å². The number of ether oxygens (including phenoxy) is 1. The van der Waals surface area contributed by atoms with Crippen molar-refractivity contribution in [3.05, 3.63) is 59.2 Å². The molecule has 1 amide bonds. The van der Waals surface area contributed by atoms with Crippen LogP contribution in [-0.2, 0) is 19.4 Å². The summed E-state index contributed by atoms with van der Waals surface area (Å²) in [4.78, 5) is 24.6. The Labute approximate surface area is 165 Å². The van der Waals surface area contributed by atoms with Crippen LogP contribution in [0.25, 0.3) is 0 Å². The van der Waals surface area contributed by atoms with Crippen molar-refractivity contribution in [3.8, 4) is 0 Å². The van der Waals surface area contributed by atoms with E-state index in [0.29, 0.717) is 5.69 Å². The van der Waals surface area contributed by atoms with Gasteiger partial charge in [0.1, 0.15) is 0 Å². The number of anilines is 1. The van der Waals surface area contributed by atoms with E-state index in [-0.39, 0.29) is 22.1 Å². The van der Waals surface area contributed by atoms with Crippen LogP contribution in [0.2, 0.25) is 0 Å². The maximum Gasteiger partial charge on any atom is 0.339 e. The van der Waals surface area contributed by atoms with E-state index >= 15 is 0 Å². The second-order valence-corrected chi connectivity index (χ2v) is 8.96. The van der Waals surface area contributed by atoms with Crippen LogP contribution in [0.3, 0.4) is 0 Å². The highest BCUT2D eigenvalue weighted by molar-refractivity contribution is 7.91. The molecule has 0 radical (unpaired) electrons. The molecule has 0 aromatic heterocycles. The molecule has 2 aromatic carbocycles. The number of aryl methyl sites for hydroxylation is 1. The summed E-state index contributed by atoms with van der Waals surface area (Å²) in [7, 11) is -3.58. The maximum absolute atomic E-state index is 12.4. The number of benzene rings is 2. The van der Waals surface area contributed by atoms with Gasteiger partial charge in [-0.2, -0.15) is 0 Å². The normalized spacial score (nSPS) is 11.3. The van der Waals surface area contributed by atoms with Gasteiger partial charge >= 0.3 is 5.97 Å². The first kappa shape index (κ1) is 21.6. The topological polar surface area (TPSA) is 89.5 Å². The SMILES string of the molecule is CCS(=O)(=O)c1ccccc1C(=O)OCC(=O)Nc1c(C)cccc1C(C)C. The lowest BCUT2D eigenvalue weighted by atomic mass is 9.98. The van der Waals surface area contributed by atoms with Crippen molar-refractivity contribution >= 4 is 27.4 Å². The molecule has 150 valence electrons. The van der Waals surface area contributed by atoms with Crippen LogP contribution in [0.5, 0.6) is 0 Å². The Morgan fingerprint density at radius 2 is 1.75 bits per heavy atom. The number of para-hydroxylation sites is 1. The molecule has 0 heterocycles. The Kier molecular flexibility index (Phi) is 6.96. The third-order valence-electron chi connectivity index (χ3n) is 4.35. The minimum Gasteiger partial charge on any atom is -0.452 e. The van der Waals surface area contributed by atoms with Crippen molar-refractivity contribution in [1.29, 1.82) is 0 Å². The lowest BCUT2D eigenvalue weighted by Crippen LogP contribution is -2.23. The highest BCUT2D eigenvalue weighted by atomic mass is 32.2. The first-order chi connectivity index (χ1) is 13.2. The van der Waals surface area contributed by atoms with Crippen LogP contribution in [0.1, 0.15) is 48.2 Å². The predicted molar refractivity (Wildman–Crippen MR) is 108 cm³/mol. The number of carbonyl (C=O) groups is 2. The van der Waals surface area contributed by atoms with Gasteiger partial charge in [0, 0.05) is 5.69 Å². The lowest BCUT2D eigenvalue weighted by Gasteiger charge is -2.16. The molecule has 0 aliphatic heterocycles. The van der Waals surface area contributed by atoms with Crippen molar-refractivity contribution in [1.82, 2.24) is 0 Å². The van der Waals surface area contributed by atoms with Crippen molar-refractivity contribution in [2.45, 2.75) is 38.5 Å². The molecule has 0 spiro atoms. The average molecular weight is 404 g/mol. The minimum atomic E-state index is -3.58. The molecule has 0 saturated heterocycles. The molecule has 0 atom stereocenters. The summed E-state index contributed by atoms with van der Waals surface area (Å²) < 4.78 is 29.4. The van der Waals surface area contributed by atoms with Crippen molar-refractivity contribution in [2.75, 3.05) is 17.7 Å². The fraction of sp³-hybridized carbons (Fsp3) is 0.333. The number of rotatable bonds is 7. The van der Waals surface area contributed by atoms with Crippen LogP contribution in [0.15, 0.2) is 47.4 Å². The van der Waals surface area contributed by atoms with E-state index in [1.54, 1.807) is 6.07 Å². The van der Waals surface area contributed by atoms with Crippen LogP contribution < -0.4 is 5.32 Å². The van der Waals surface area contributed by atoms with Gasteiger partial charge in [-0.25, -0.2) is 13.2 Å². The standard InChI is InChI=1S/C21H25NO5S/c1-5-28(25,26)18-12-7-6-10-17(18)21(24)27-13-19(23)22-20-15(4)9-8-11-16(20)14(2)3/h6-12,14H,5,13H2,1-4H3,(H,22,23). The Balaban J connectivity index is 2.12. The Morgan fingerprint density at radius 3 is 2.39 bits per heavy atom. The number of amides is 1. The van der Waals surface area contributed by atoms with Gasteiger partial charge in [-0.05, 0) is 36.1 Å². The van der Waals surface area contributed by atoms with E-state index in [1.807, 2.05) is 39.0 Å². The summed E-state index contributed by atoms with van der Waals surface area (Å²) in [5.41, 5.74) is 2.52. The third-order valence-corrected chi connectivity index (χ3v) is 6.13. The molecule has 0 bridgehead atoms. The quantitative estimate of drug-likeness (QED) is 0.712. The largest absolute Gasteiger partial charge is 0.452 e. The van der Waals surface area contributed by atoms with Crippen molar-refractivity contribution in [3.63, 3.8) is 0 Å². The molecular weight excluding hydrogens is 378 g/mol. The molecule has 6 nitrogen and oxygen atoms in total. The first-order valence-corrected chi connectivity index (χ1v) is 10.7. The molecule has 1 N–H and O–H groups in total. The first-order valence-electron chi connectivity index (χ1n) is 9.05. The smallest absolute Gasteiger partial charge is 0.339 e. The molecule has 0 saturated carbocycles. The average Bonchev–Trinajstić information content (AvgIpc) is 2.67. The Hall–Kier alpha value is -2.67. The zero-order valence-electron chi connectivity index (χ0n) is 16.5. The second-order valence-electron chi connectivity index (χ2n) is 6.72. The summed E-state index contributed by atoms with van der Waals surface area (Å²) in [5, 5.41) is 2.79. The number of hydrogen-bond donors (Lipinski definition) is 1. The summed E-state index contributed by atoms with van der Waals surface area (Å²) >= 11 is 0. The van der Waals surface area contributed by atoms with Gasteiger partial charge in [-0.15, -0.1) is 0 Å². The van der Waals surface area contributed by atoms with Gasteiger partial charge in [0.05, 0.1) is 16.2 Å². The fourth-order valence-electron chi connectivity index (χ4n) is 2.79. The van der Waals surface area contributed by atoms with Gasteiger partial charge in [-0.1, -0.05) is 51.1 Å². The van der Waals surface area contributed by atoms with Crippen LogP contribution >= 0.6 is 0 Å². The zero-order valence-corrected chi connectivity index (χ0v) is 17.3. The number of esters is 1.